The second-order valence-electron chi connectivity index (χ2n) is 8.86. The third-order valence-corrected chi connectivity index (χ3v) is 6.87. The quantitative estimate of drug-likeness (QED) is 0.475. The van der Waals surface area contributed by atoms with E-state index in [4.69, 9.17) is 4.74 Å². The lowest BCUT2D eigenvalue weighted by Gasteiger charge is -2.25. The molecule has 0 amide bonds. The summed E-state index contributed by atoms with van der Waals surface area (Å²) in [6.45, 7) is 5.37. The largest absolute Gasteiger partial charge is 0.493 e. The maximum atomic E-state index is 6.01. The number of hydrogen-bond acceptors (Lipinski definition) is 1. The fraction of sp³-hybridized carbons (Fsp3) is 0.630. The van der Waals surface area contributed by atoms with Crippen molar-refractivity contribution in [2.24, 2.45) is 23.7 Å². The van der Waals surface area contributed by atoms with Gasteiger partial charge >= 0.3 is 0 Å². The standard InChI is InChI=1S/C27H38O/c1-3-22-9-11-24(12-10-22)7-5-6-8-25-13-15-26(16-14-25)21-28-27-19-17-23(4-2)18-20-27/h5,7,17-20,22,24-26H,3-4,9-16,21H2,1-2H3/b7-5+. The normalized spacial score (nSPS) is 27.9. The van der Waals surface area contributed by atoms with Gasteiger partial charge in [0, 0.05) is 5.92 Å². The first kappa shape index (κ1) is 21.0. The second-order valence-corrected chi connectivity index (χ2v) is 8.86. The van der Waals surface area contributed by atoms with Crippen molar-refractivity contribution in [1.29, 1.82) is 0 Å². The van der Waals surface area contributed by atoms with Gasteiger partial charge in [0.1, 0.15) is 5.75 Å². The summed E-state index contributed by atoms with van der Waals surface area (Å²) < 4.78 is 6.01. The van der Waals surface area contributed by atoms with Crippen molar-refractivity contribution < 1.29 is 4.74 Å². The lowest BCUT2D eigenvalue weighted by atomic mass is 9.81. The van der Waals surface area contributed by atoms with Crippen LogP contribution in [0.1, 0.15) is 77.2 Å². The minimum Gasteiger partial charge on any atom is -0.493 e. The lowest BCUT2D eigenvalue weighted by molar-refractivity contribution is 0.196. The van der Waals surface area contributed by atoms with E-state index in [-0.39, 0.29) is 0 Å². The van der Waals surface area contributed by atoms with Gasteiger partial charge in [-0.3, -0.25) is 0 Å². The number of rotatable bonds is 6. The van der Waals surface area contributed by atoms with Gasteiger partial charge in [-0.2, -0.15) is 0 Å². The van der Waals surface area contributed by atoms with Crippen LogP contribution in [0.3, 0.4) is 0 Å². The van der Waals surface area contributed by atoms with Crippen LogP contribution in [0, 0.1) is 35.5 Å². The highest BCUT2D eigenvalue weighted by Gasteiger charge is 2.20. The topological polar surface area (TPSA) is 9.23 Å². The molecule has 0 heterocycles. The van der Waals surface area contributed by atoms with E-state index in [0.717, 1.165) is 30.6 Å². The summed E-state index contributed by atoms with van der Waals surface area (Å²) in [6, 6.07) is 8.56. The molecule has 28 heavy (non-hydrogen) atoms. The molecule has 0 N–H and O–H groups in total. The third-order valence-electron chi connectivity index (χ3n) is 6.87. The average Bonchev–Trinajstić information content (AvgIpc) is 2.77. The first-order valence-electron chi connectivity index (χ1n) is 11.7. The van der Waals surface area contributed by atoms with E-state index >= 15 is 0 Å². The van der Waals surface area contributed by atoms with Crippen LogP contribution in [0.25, 0.3) is 0 Å². The molecule has 0 radical (unpaired) electrons. The summed E-state index contributed by atoms with van der Waals surface area (Å²) in [6.07, 6.45) is 17.5. The Morgan fingerprint density at radius 3 is 2.21 bits per heavy atom. The van der Waals surface area contributed by atoms with Crippen LogP contribution in [0.2, 0.25) is 0 Å². The van der Waals surface area contributed by atoms with Crippen molar-refractivity contribution in [1.82, 2.24) is 0 Å². The molecule has 0 aliphatic heterocycles. The Morgan fingerprint density at radius 2 is 1.57 bits per heavy atom. The van der Waals surface area contributed by atoms with Crippen LogP contribution in [0.5, 0.6) is 5.75 Å². The Bertz CT molecular complexity index is 644. The molecule has 1 nitrogen and oxygen atoms in total. The summed E-state index contributed by atoms with van der Waals surface area (Å²) in [5.74, 6) is 10.9. The van der Waals surface area contributed by atoms with Crippen molar-refractivity contribution in [2.75, 3.05) is 6.61 Å². The highest BCUT2D eigenvalue weighted by atomic mass is 16.5. The van der Waals surface area contributed by atoms with Crippen LogP contribution in [-0.4, -0.2) is 6.61 Å². The first-order valence-corrected chi connectivity index (χ1v) is 11.7. The van der Waals surface area contributed by atoms with E-state index < -0.39 is 0 Å². The van der Waals surface area contributed by atoms with E-state index in [2.05, 4.69) is 62.1 Å². The molecule has 0 atom stereocenters. The third kappa shape index (κ3) is 6.73. The van der Waals surface area contributed by atoms with Gasteiger partial charge in [-0.05, 0) is 99.3 Å². The van der Waals surface area contributed by atoms with Gasteiger partial charge in [-0.1, -0.05) is 50.3 Å². The van der Waals surface area contributed by atoms with Crippen molar-refractivity contribution in [3.8, 4) is 17.6 Å². The number of allylic oxidation sites excluding steroid dienone is 2. The second kappa shape index (κ2) is 11.4. The summed E-state index contributed by atoms with van der Waals surface area (Å²) in [4.78, 5) is 0. The lowest BCUT2D eigenvalue weighted by Crippen LogP contribution is -2.19. The van der Waals surface area contributed by atoms with Crippen LogP contribution < -0.4 is 4.74 Å². The molecule has 0 bridgehead atoms. The zero-order valence-corrected chi connectivity index (χ0v) is 18.0. The molecule has 2 saturated carbocycles. The molecule has 0 aromatic heterocycles. The summed E-state index contributed by atoms with van der Waals surface area (Å²) in [5.41, 5.74) is 1.37. The predicted octanol–water partition coefficient (Wildman–Crippen LogP) is 7.21. The van der Waals surface area contributed by atoms with E-state index in [9.17, 15) is 0 Å². The Balaban J connectivity index is 1.33. The van der Waals surface area contributed by atoms with Gasteiger partial charge in [-0.15, -0.1) is 0 Å². The zero-order valence-electron chi connectivity index (χ0n) is 18.0. The number of hydrogen-bond donors (Lipinski definition) is 0. The smallest absolute Gasteiger partial charge is 0.119 e. The molecular formula is C27H38O. The fourth-order valence-corrected chi connectivity index (χ4v) is 4.65. The summed E-state index contributed by atoms with van der Waals surface area (Å²) in [5, 5.41) is 0. The van der Waals surface area contributed by atoms with Crippen LogP contribution in [-0.2, 0) is 6.42 Å². The first-order chi connectivity index (χ1) is 13.8. The Labute approximate surface area is 173 Å². The van der Waals surface area contributed by atoms with Crippen LogP contribution >= 0.6 is 0 Å². The average molecular weight is 379 g/mol. The predicted molar refractivity (Wildman–Crippen MR) is 119 cm³/mol. The Hall–Kier alpha value is -1.68. The molecule has 0 unspecified atom stereocenters. The van der Waals surface area contributed by atoms with Crippen LogP contribution in [0.4, 0.5) is 0 Å². The molecular weight excluding hydrogens is 340 g/mol. The fourth-order valence-electron chi connectivity index (χ4n) is 4.65. The van der Waals surface area contributed by atoms with Crippen molar-refractivity contribution in [3.05, 3.63) is 42.0 Å². The molecule has 1 aromatic carbocycles. The Morgan fingerprint density at radius 1 is 0.893 bits per heavy atom. The molecule has 152 valence electrons. The molecule has 1 aromatic rings. The monoisotopic (exact) mass is 378 g/mol. The van der Waals surface area contributed by atoms with Gasteiger partial charge < -0.3 is 4.74 Å². The van der Waals surface area contributed by atoms with Crippen molar-refractivity contribution >= 4 is 0 Å². The van der Waals surface area contributed by atoms with Crippen molar-refractivity contribution in [2.45, 2.75) is 78.1 Å². The molecule has 1 heteroatoms. The number of benzene rings is 1. The highest BCUT2D eigenvalue weighted by Crippen LogP contribution is 2.31. The minimum absolute atomic E-state index is 0.584. The van der Waals surface area contributed by atoms with E-state index in [1.165, 1.54) is 63.4 Å². The van der Waals surface area contributed by atoms with E-state index in [1.807, 2.05) is 0 Å². The Kier molecular flexibility index (Phi) is 8.53. The zero-order chi connectivity index (χ0) is 19.6. The van der Waals surface area contributed by atoms with Gasteiger partial charge in [0.2, 0.25) is 0 Å². The van der Waals surface area contributed by atoms with Gasteiger partial charge in [0.25, 0.3) is 0 Å². The molecule has 2 aliphatic carbocycles. The van der Waals surface area contributed by atoms with Crippen molar-refractivity contribution in [3.63, 3.8) is 0 Å². The SMILES string of the molecule is CCc1ccc(OCC2CCC(C#C/C=C/C3CCC(CC)CC3)CC2)cc1. The molecule has 0 saturated heterocycles. The highest BCUT2D eigenvalue weighted by molar-refractivity contribution is 5.27. The molecule has 2 fully saturated rings. The van der Waals surface area contributed by atoms with Gasteiger partial charge in [0.15, 0.2) is 0 Å². The maximum absolute atomic E-state index is 6.01. The van der Waals surface area contributed by atoms with Gasteiger partial charge in [0.05, 0.1) is 6.61 Å². The van der Waals surface area contributed by atoms with Crippen LogP contribution in [0.15, 0.2) is 36.4 Å². The number of ether oxygens (including phenoxy) is 1. The number of aryl methyl sites for hydroxylation is 1. The summed E-state index contributed by atoms with van der Waals surface area (Å²) in [7, 11) is 0. The van der Waals surface area contributed by atoms with Gasteiger partial charge in [-0.25, -0.2) is 0 Å². The van der Waals surface area contributed by atoms with E-state index in [0.29, 0.717) is 11.8 Å². The molecule has 3 rings (SSSR count). The minimum atomic E-state index is 0.584. The molecule has 2 aliphatic rings. The summed E-state index contributed by atoms with van der Waals surface area (Å²) >= 11 is 0. The molecule has 0 spiro atoms. The maximum Gasteiger partial charge on any atom is 0.119 e. The van der Waals surface area contributed by atoms with E-state index in [1.54, 1.807) is 0 Å².